The number of aryl methyl sites for hydroxylation is 1. The molecule has 14 heteroatoms. The van der Waals surface area contributed by atoms with Gasteiger partial charge in [0.05, 0.1) is 15.7 Å². The molecule has 1 amide bonds. The Morgan fingerprint density at radius 2 is 1.84 bits per heavy atom. The van der Waals surface area contributed by atoms with Gasteiger partial charge in [-0.3, -0.25) is 0 Å². The van der Waals surface area contributed by atoms with Gasteiger partial charge in [0, 0.05) is 44.5 Å². The van der Waals surface area contributed by atoms with E-state index < -0.39 is 11.4 Å². The maximum Gasteiger partial charge on any atom is 0.410 e. The van der Waals surface area contributed by atoms with Gasteiger partial charge in [0.1, 0.15) is 46.9 Å². The number of aromatic nitrogens is 6. The van der Waals surface area contributed by atoms with Crippen LogP contribution in [0.1, 0.15) is 26.3 Å². The number of anilines is 3. The number of rotatable bonds is 5. The van der Waals surface area contributed by atoms with Crippen molar-refractivity contribution in [3.63, 3.8) is 0 Å². The Hall–Kier alpha value is -4.59. The summed E-state index contributed by atoms with van der Waals surface area (Å²) >= 11 is 3.62. The normalized spacial score (nSPS) is 13.9. The summed E-state index contributed by atoms with van der Waals surface area (Å²) in [6, 6.07) is 8.30. The zero-order valence-electron chi connectivity index (χ0n) is 24.0. The van der Waals surface area contributed by atoms with Crippen molar-refractivity contribution in [3.8, 4) is 11.5 Å². The molecular formula is C29H29BrFN9O3. The van der Waals surface area contributed by atoms with Crippen LogP contribution in [-0.4, -0.2) is 72.3 Å². The van der Waals surface area contributed by atoms with E-state index in [0.29, 0.717) is 71.6 Å². The fourth-order valence-corrected chi connectivity index (χ4v) is 5.23. The molecule has 12 nitrogen and oxygen atoms in total. The lowest BCUT2D eigenvalue weighted by Gasteiger charge is -2.36. The maximum absolute atomic E-state index is 15.4. The number of amides is 1. The largest absolute Gasteiger partial charge is 0.457 e. The van der Waals surface area contributed by atoms with Crippen LogP contribution < -0.4 is 15.0 Å². The number of hydrogen-bond donors (Lipinski definition) is 1. The minimum atomic E-state index is -0.556. The molecule has 1 N–H and O–H groups in total. The van der Waals surface area contributed by atoms with Gasteiger partial charge in [-0.05, 0) is 67.4 Å². The zero-order valence-corrected chi connectivity index (χ0v) is 25.6. The number of piperazine rings is 1. The van der Waals surface area contributed by atoms with Gasteiger partial charge in [0.15, 0.2) is 11.5 Å². The summed E-state index contributed by atoms with van der Waals surface area (Å²) in [5, 5.41) is 7.16. The molecule has 5 aromatic rings. The van der Waals surface area contributed by atoms with Gasteiger partial charge in [0.25, 0.3) is 0 Å². The number of ether oxygens (including phenoxy) is 2. The monoisotopic (exact) mass is 649 g/mol. The smallest absolute Gasteiger partial charge is 0.410 e. The molecule has 222 valence electrons. The Morgan fingerprint density at radius 1 is 1.05 bits per heavy atom. The second-order valence-corrected chi connectivity index (χ2v) is 11.9. The average molecular weight is 651 g/mol. The second kappa shape index (κ2) is 11.2. The van der Waals surface area contributed by atoms with Gasteiger partial charge in [-0.1, -0.05) is 0 Å². The molecule has 1 saturated heterocycles. The Balaban J connectivity index is 1.22. The summed E-state index contributed by atoms with van der Waals surface area (Å²) in [7, 11) is 0. The van der Waals surface area contributed by atoms with Gasteiger partial charge >= 0.3 is 6.09 Å². The Kier molecular flexibility index (Phi) is 7.46. The van der Waals surface area contributed by atoms with Gasteiger partial charge < -0.3 is 24.6 Å². The number of carbonyl (C=O) groups is 1. The summed E-state index contributed by atoms with van der Waals surface area (Å²) in [5.41, 5.74) is 2.06. The van der Waals surface area contributed by atoms with Crippen LogP contribution in [0.2, 0.25) is 0 Å². The molecule has 0 aliphatic carbocycles. The third-order valence-corrected chi connectivity index (χ3v) is 7.36. The molecule has 4 aromatic heterocycles. The number of benzene rings is 1. The first-order valence-electron chi connectivity index (χ1n) is 13.6. The summed E-state index contributed by atoms with van der Waals surface area (Å²) in [6.07, 6.45) is 4.24. The molecule has 0 atom stereocenters. The van der Waals surface area contributed by atoms with Crippen LogP contribution in [0.4, 0.5) is 26.5 Å². The molecule has 43 heavy (non-hydrogen) atoms. The van der Waals surface area contributed by atoms with Crippen molar-refractivity contribution >= 4 is 56.0 Å². The van der Waals surface area contributed by atoms with Crippen molar-refractivity contribution < 1.29 is 18.7 Å². The van der Waals surface area contributed by atoms with E-state index in [2.05, 4.69) is 46.2 Å². The lowest BCUT2D eigenvalue weighted by molar-refractivity contribution is 0.0240. The Labute approximate surface area is 255 Å². The first-order chi connectivity index (χ1) is 20.5. The quantitative estimate of drug-likeness (QED) is 0.247. The first kappa shape index (κ1) is 28.5. The van der Waals surface area contributed by atoms with E-state index in [0.717, 1.165) is 4.47 Å². The molecule has 0 radical (unpaired) electrons. The van der Waals surface area contributed by atoms with Crippen LogP contribution in [0.3, 0.4) is 0 Å². The van der Waals surface area contributed by atoms with Crippen LogP contribution in [0, 0.1) is 12.7 Å². The fraction of sp³-hybridized carbons (Fsp3) is 0.310. The van der Waals surface area contributed by atoms with E-state index in [1.54, 1.807) is 33.8 Å². The SMILES string of the molecule is Cc1cc(Nc2ncnc3cc(Br)c(N4CCN(C(=O)OC(C)(C)C)CC4)nc23)c(F)cc1Oc1ccn2ncnc2c1. The van der Waals surface area contributed by atoms with Crippen molar-refractivity contribution in [1.82, 2.24) is 34.4 Å². The summed E-state index contributed by atoms with van der Waals surface area (Å²) in [4.78, 5) is 34.0. The fourth-order valence-electron chi connectivity index (χ4n) is 4.68. The van der Waals surface area contributed by atoms with Crippen LogP contribution in [-0.2, 0) is 4.74 Å². The molecule has 6 rings (SSSR count). The molecule has 1 aromatic carbocycles. The van der Waals surface area contributed by atoms with Crippen molar-refractivity contribution in [1.29, 1.82) is 0 Å². The Morgan fingerprint density at radius 3 is 2.60 bits per heavy atom. The van der Waals surface area contributed by atoms with E-state index in [1.807, 2.05) is 33.8 Å². The lowest BCUT2D eigenvalue weighted by Crippen LogP contribution is -2.50. The number of hydrogen-bond acceptors (Lipinski definition) is 10. The van der Waals surface area contributed by atoms with E-state index >= 15 is 4.39 Å². The molecular weight excluding hydrogens is 621 g/mol. The highest BCUT2D eigenvalue weighted by Crippen LogP contribution is 2.34. The van der Waals surface area contributed by atoms with Crippen molar-refractivity contribution in [2.24, 2.45) is 0 Å². The highest BCUT2D eigenvalue weighted by molar-refractivity contribution is 9.10. The van der Waals surface area contributed by atoms with Crippen LogP contribution in [0.15, 0.2) is 53.7 Å². The van der Waals surface area contributed by atoms with E-state index in [1.165, 1.54) is 18.7 Å². The predicted molar refractivity (Wildman–Crippen MR) is 163 cm³/mol. The molecule has 1 aliphatic heterocycles. The molecule has 5 heterocycles. The van der Waals surface area contributed by atoms with E-state index in [4.69, 9.17) is 14.5 Å². The maximum atomic E-state index is 15.4. The predicted octanol–water partition coefficient (Wildman–Crippen LogP) is 5.87. The number of nitrogens with zero attached hydrogens (tertiary/aromatic N) is 8. The van der Waals surface area contributed by atoms with Gasteiger partial charge in [-0.2, -0.15) is 5.10 Å². The summed E-state index contributed by atoms with van der Waals surface area (Å²) < 4.78 is 29.2. The summed E-state index contributed by atoms with van der Waals surface area (Å²) in [5.74, 6) is 1.40. The molecule has 1 fully saturated rings. The van der Waals surface area contributed by atoms with Crippen LogP contribution in [0.25, 0.3) is 16.7 Å². The van der Waals surface area contributed by atoms with Gasteiger partial charge in [-0.25, -0.2) is 33.6 Å². The molecule has 0 unspecified atom stereocenters. The van der Waals surface area contributed by atoms with E-state index in [-0.39, 0.29) is 11.8 Å². The number of pyridine rings is 2. The third-order valence-electron chi connectivity index (χ3n) is 6.77. The first-order valence-corrected chi connectivity index (χ1v) is 14.4. The molecule has 0 spiro atoms. The van der Waals surface area contributed by atoms with Gasteiger partial charge in [0.2, 0.25) is 0 Å². The van der Waals surface area contributed by atoms with Crippen LogP contribution >= 0.6 is 15.9 Å². The highest BCUT2D eigenvalue weighted by atomic mass is 79.9. The van der Waals surface area contributed by atoms with E-state index in [9.17, 15) is 4.79 Å². The number of nitrogens with one attached hydrogen (secondary N) is 1. The molecule has 1 aliphatic rings. The molecule has 0 saturated carbocycles. The zero-order chi connectivity index (χ0) is 30.3. The number of carbonyl (C=O) groups excluding carboxylic acids is 1. The van der Waals surface area contributed by atoms with Crippen molar-refractivity contribution in [2.45, 2.75) is 33.3 Å². The topological polar surface area (TPSA) is 123 Å². The highest BCUT2D eigenvalue weighted by Gasteiger charge is 2.27. The standard InChI is InChI=1S/C29H29BrFN9O3/c1-17-11-21(20(31)14-23(17)42-18-5-6-40-24(12-18)33-16-35-40)36-26-25-22(32-15-34-26)13-19(30)27(37-25)38-7-9-39(10-8-38)28(41)43-29(2,3)4/h5-6,11-16H,7-10H2,1-4H3,(H,32,34,36). The average Bonchev–Trinajstić information content (AvgIpc) is 3.43. The minimum Gasteiger partial charge on any atom is -0.457 e. The van der Waals surface area contributed by atoms with Crippen LogP contribution in [0.5, 0.6) is 11.5 Å². The Bertz CT molecular complexity index is 1830. The lowest BCUT2D eigenvalue weighted by atomic mass is 10.2. The third kappa shape index (κ3) is 6.14. The number of halogens is 2. The van der Waals surface area contributed by atoms with Crippen molar-refractivity contribution in [2.75, 3.05) is 36.4 Å². The van der Waals surface area contributed by atoms with Gasteiger partial charge in [-0.15, -0.1) is 0 Å². The molecule has 0 bridgehead atoms. The second-order valence-electron chi connectivity index (χ2n) is 11.1. The number of fused-ring (bicyclic) bond motifs is 2. The van der Waals surface area contributed by atoms with Crippen molar-refractivity contribution in [3.05, 3.63) is 65.0 Å². The summed E-state index contributed by atoms with van der Waals surface area (Å²) in [6.45, 7) is 9.48. The minimum absolute atomic E-state index is 0.218.